The van der Waals surface area contributed by atoms with Crippen LogP contribution in [0.4, 0.5) is 0 Å². The summed E-state index contributed by atoms with van der Waals surface area (Å²) >= 11 is 0. The van der Waals surface area contributed by atoms with Gasteiger partial charge >= 0.3 is 17.9 Å². The number of rotatable bonds is 53. The standard InChI is InChI=1S/C59H114O6/c1-6-8-9-10-11-12-13-14-15-16-17-22-25-28-31-34-41-46-51-59(62)65-56(53-64-58(61)50-45-40-36-35-38-43-48-55(5)7-2)52-63-57(60)49-44-39-33-30-27-24-21-19-18-20-23-26-29-32-37-42-47-54(3)4/h54-56H,6-53H2,1-5H3/t55?,56-/m0/s1. The zero-order chi connectivity index (χ0) is 47.5. The van der Waals surface area contributed by atoms with E-state index >= 15 is 0 Å². The lowest BCUT2D eigenvalue weighted by Gasteiger charge is -2.18. The SMILES string of the molecule is CCCCCCCCCCCCCCCCCCCCC(=O)O[C@@H](COC(=O)CCCCCCCCCCCCCCCCCCC(C)C)COC(=O)CCCCCCCCC(C)CC. The van der Waals surface area contributed by atoms with Crippen LogP contribution in [-0.2, 0) is 28.6 Å². The van der Waals surface area contributed by atoms with Gasteiger partial charge in [0.25, 0.3) is 0 Å². The molecule has 65 heavy (non-hydrogen) atoms. The normalized spacial score (nSPS) is 12.5. The molecule has 0 aliphatic rings. The topological polar surface area (TPSA) is 78.9 Å². The summed E-state index contributed by atoms with van der Waals surface area (Å²) in [6.45, 7) is 11.4. The lowest BCUT2D eigenvalue weighted by Crippen LogP contribution is -2.30. The Kier molecular flexibility index (Phi) is 50.5. The van der Waals surface area contributed by atoms with Crippen molar-refractivity contribution in [1.29, 1.82) is 0 Å². The molecule has 0 aliphatic heterocycles. The first-order valence-electron chi connectivity index (χ1n) is 29.3. The number of hydrogen-bond donors (Lipinski definition) is 0. The maximum Gasteiger partial charge on any atom is 0.306 e. The summed E-state index contributed by atoms with van der Waals surface area (Å²) in [5.41, 5.74) is 0. The minimum absolute atomic E-state index is 0.0634. The molecular weight excluding hydrogens is 805 g/mol. The number of esters is 3. The van der Waals surface area contributed by atoms with Crippen LogP contribution in [0.5, 0.6) is 0 Å². The second-order valence-electron chi connectivity index (χ2n) is 21.0. The van der Waals surface area contributed by atoms with Crippen molar-refractivity contribution in [3.05, 3.63) is 0 Å². The van der Waals surface area contributed by atoms with Crippen LogP contribution < -0.4 is 0 Å². The third kappa shape index (κ3) is 51.6. The molecule has 6 heteroatoms. The second kappa shape index (κ2) is 51.8. The highest BCUT2D eigenvalue weighted by molar-refractivity contribution is 5.71. The van der Waals surface area contributed by atoms with E-state index in [0.29, 0.717) is 19.3 Å². The minimum Gasteiger partial charge on any atom is -0.462 e. The van der Waals surface area contributed by atoms with Crippen molar-refractivity contribution >= 4 is 17.9 Å². The Bertz CT molecular complexity index is 995. The van der Waals surface area contributed by atoms with Gasteiger partial charge in [-0.05, 0) is 31.1 Å². The quantitative estimate of drug-likeness (QED) is 0.0344. The van der Waals surface area contributed by atoms with E-state index in [1.807, 2.05) is 0 Å². The largest absolute Gasteiger partial charge is 0.462 e. The fourth-order valence-corrected chi connectivity index (χ4v) is 9.02. The predicted molar refractivity (Wildman–Crippen MR) is 280 cm³/mol. The first-order chi connectivity index (χ1) is 31.8. The molecular formula is C59H114O6. The van der Waals surface area contributed by atoms with E-state index in [-0.39, 0.29) is 31.1 Å². The smallest absolute Gasteiger partial charge is 0.306 e. The molecule has 0 radical (unpaired) electrons. The van der Waals surface area contributed by atoms with Gasteiger partial charge in [-0.15, -0.1) is 0 Å². The number of carbonyl (C=O) groups is 3. The van der Waals surface area contributed by atoms with Crippen LogP contribution in [0.15, 0.2) is 0 Å². The highest BCUT2D eigenvalue weighted by atomic mass is 16.6. The van der Waals surface area contributed by atoms with Crippen molar-refractivity contribution in [3.8, 4) is 0 Å². The van der Waals surface area contributed by atoms with E-state index in [0.717, 1.165) is 69.6 Å². The predicted octanol–water partition coefficient (Wildman–Crippen LogP) is 19.3. The van der Waals surface area contributed by atoms with Crippen LogP contribution in [0.25, 0.3) is 0 Å². The van der Waals surface area contributed by atoms with Gasteiger partial charge in [0.15, 0.2) is 6.10 Å². The Morgan fingerprint density at radius 1 is 0.323 bits per heavy atom. The van der Waals surface area contributed by atoms with E-state index in [4.69, 9.17) is 14.2 Å². The molecule has 0 bridgehead atoms. The molecule has 6 nitrogen and oxygen atoms in total. The van der Waals surface area contributed by atoms with E-state index < -0.39 is 6.10 Å². The molecule has 0 rings (SSSR count). The van der Waals surface area contributed by atoms with Gasteiger partial charge in [0, 0.05) is 19.3 Å². The molecule has 2 atom stereocenters. The molecule has 1 unspecified atom stereocenters. The summed E-state index contributed by atoms with van der Waals surface area (Å²) in [6.07, 6.45) is 55.3. The van der Waals surface area contributed by atoms with Gasteiger partial charge in [0.1, 0.15) is 13.2 Å². The van der Waals surface area contributed by atoms with Crippen LogP contribution in [0, 0.1) is 11.8 Å². The number of unbranched alkanes of at least 4 members (excludes halogenated alkanes) is 37. The zero-order valence-corrected chi connectivity index (χ0v) is 44.6. The minimum atomic E-state index is -0.763. The highest BCUT2D eigenvalue weighted by Gasteiger charge is 2.19. The van der Waals surface area contributed by atoms with E-state index in [1.54, 1.807) is 0 Å². The van der Waals surface area contributed by atoms with E-state index in [2.05, 4.69) is 34.6 Å². The summed E-state index contributed by atoms with van der Waals surface area (Å²) < 4.78 is 16.9. The van der Waals surface area contributed by atoms with Gasteiger partial charge in [0.2, 0.25) is 0 Å². The average molecular weight is 920 g/mol. The van der Waals surface area contributed by atoms with Crippen LogP contribution in [-0.4, -0.2) is 37.2 Å². The van der Waals surface area contributed by atoms with Crippen molar-refractivity contribution < 1.29 is 28.6 Å². The van der Waals surface area contributed by atoms with Crippen molar-refractivity contribution in [2.45, 2.75) is 336 Å². The van der Waals surface area contributed by atoms with Crippen molar-refractivity contribution in [2.24, 2.45) is 11.8 Å². The van der Waals surface area contributed by atoms with E-state index in [9.17, 15) is 14.4 Å². The summed E-state index contributed by atoms with van der Waals surface area (Å²) in [6, 6.07) is 0. The first-order valence-corrected chi connectivity index (χ1v) is 29.3. The Labute approximate surface area is 406 Å². The molecule has 0 aromatic rings. The van der Waals surface area contributed by atoms with Crippen LogP contribution in [0.1, 0.15) is 330 Å². The summed E-state index contributed by atoms with van der Waals surface area (Å²) in [4.78, 5) is 38.1. The van der Waals surface area contributed by atoms with E-state index in [1.165, 1.54) is 218 Å². The summed E-state index contributed by atoms with van der Waals surface area (Å²) in [5.74, 6) is 0.824. The van der Waals surface area contributed by atoms with Gasteiger partial charge in [-0.2, -0.15) is 0 Å². The fraction of sp³-hybridized carbons (Fsp3) is 0.949. The van der Waals surface area contributed by atoms with Gasteiger partial charge in [-0.3, -0.25) is 14.4 Å². The maximum atomic E-state index is 12.8. The van der Waals surface area contributed by atoms with Crippen LogP contribution in [0.3, 0.4) is 0 Å². The third-order valence-electron chi connectivity index (χ3n) is 13.8. The maximum absolute atomic E-state index is 12.8. The van der Waals surface area contributed by atoms with Gasteiger partial charge in [0.05, 0.1) is 0 Å². The average Bonchev–Trinajstić information content (AvgIpc) is 3.29. The van der Waals surface area contributed by atoms with Crippen molar-refractivity contribution in [1.82, 2.24) is 0 Å². The Hall–Kier alpha value is -1.59. The number of carbonyl (C=O) groups excluding carboxylic acids is 3. The monoisotopic (exact) mass is 919 g/mol. The Balaban J connectivity index is 4.23. The fourth-order valence-electron chi connectivity index (χ4n) is 9.02. The highest BCUT2D eigenvalue weighted by Crippen LogP contribution is 2.19. The third-order valence-corrected chi connectivity index (χ3v) is 13.8. The lowest BCUT2D eigenvalue weighted by molar-refractivity contribution is -0.167. The first kappa shape index (κ1) is 63.4. The molecule has 386 valence electrons. The Morgan fingerprint density at radius 2 is 0.585 bits per heavy atom. The molecule has 0 aliphatic carbocycles. The summed E-state index contributed by atoms with van der Waals surface area (Å²) in [7, 11) is 0. The second-order valence-corrected chi connectivity index (χ2v) is 21.0. The van der Waals surface area contributed by atoms with Crippen LogP contribution in [0.2, 0.25) is 0 Å². The zero-order valence-electron chi connectivity index (χ0n) is 44.6. The molecule has 0 fully saturated rings. The molecule has 0 aromatic heterocycles. The molecule has 0 aromatic carbocycles. The van der Waals surface area contributed by atoms with Crippen molar-refractivity contribution in [2.75, 3.05) is 13.2 Å². The van der Waals surface area contributed by atoms with Crippen molar-refractivity contribution in [3.63, 3.8) is 0 Å². The molecule has 0 saturated carbocycles. The van der Waals surface area contributed by atoms with Gasteiger partial charge in [-0.1, -0.05) is 291 Å². The lowest BCUT2D eigenvalue weighted by atomic mass is 10.00. The van der Waals surface area contributed by atoms with Gasteiger partial charge in [-0.25, -0.2) is 0 Å². The molecule has 0 spiro atoms. The molecule has 0 amide bonds. The molecule has 0 heterocycles. The van der Waals surface area contributed by atoms with Crippen LogP contribution >= 0.6 is 0 Å². The molecule has 0 saturated heterocycles. The summed E-state index contributed by atoms with van der Waals surface area (Å²) in [5, 5.41) is 0. The Morgan fingerprint density at radius 3 is 0.877 bits per heavy atom. The number of ether oxygens (including phenoxy) is 3. The van der Waals surface area contributed by atoms with Gasteiger partial charge < -0.3 is 14.2 Å². The number of hydrogen-bond acceptors (Lipinski definition) is 6. The molecule has 0 N–H and O–H groups in total.